The van der Waals surface area contributed by atoms with Gasteiger partial charge in [0.25, 0.3) is 0 Å². The molecular formula is C14H27N3O4. The molecular weight excluding hydrogens is 274 g/mol. The van der Waals surface area contributed by atoms with Crippen LogP contribution in [0.1, 0.15) is 46.5 Å². The van der Waals surface area contributed by atoms with Gasteiger partial charge in [0.05, 0.1) is 0 Å². The summed E-state index contributed by atoms with van der Waals surface area (Å²) in [7, 11) is 0. The van der Waals surface area contributed by atoms with E-state index in [1.165, 1.54) is 0 Å². The van der Waals surface area contributed by atoms with Crippen LogP contribution >= 0.6 is 0 Å². The molecule has 1 fully saturated rings. The Morgan fingerprint density at radius 1 is 1.24 bits per heavy atom. The van der Waals surface area contributed by atoms with E-state index < -0.39 is 11.7 Å². The topological polar surface area (TPSA) is 103 Å². The molecule has 21 heavy (non-hydrogen) atoms. The third kappa shape index (κ3) is 8.39. The second kappa shape index (κ2) is 8.07. The van der Waals surface area contributed by atoms with Crippen LogP contribution in [0.5, 0.6) is 0 Å². The summed E-state index contributed by atoms with van der Waals surface area (Å²) in [6.45, 7) is 6.35. The quantitative estimate of drug-likeness (QED) is 0.668. The minimum absolute atomic E-state index is 0.114. The van der Waals surface area contributed by atoms with E-state index in [1.54, 1.807) is 0 Å². The van der Waals surface area contributed by atoms with Gasteiger partial charge >= 0.3 is 12.2 Å². The van der Waals surface area contributed by atoms with E-state index >= 15 is 0 Å². The summed E-state index contributed by atoms with van der Waals surface area (Å²) in [4.78, 5) is 22.2. The second-order valence-corrected chi connectivity index (χ2v) is 6.33. The van der Waals surface area contributed by atoms with Crippen LogP contribution in [-0.4, -0.2) is 43.0 Å². The molecule has 1 saturated carbocycles. The van der Waals surface area contributed by atoms with Crippen LogP contribution in [0.3, 0.4) is 0 Å². The molecule has 0 radical (unpaired) electrons. The highest BCUT2D eigenvalue weighted by Crippen LogP contribution is 2.19. The van der Waals surface area contributed by atoms with Gasteiger partial charge in [-0.1, -0.05) is 0 Å². The Morgan fingerprint density at radius 2 is 1.90 bits per heavy atom. The minimum atomic E-state index is -0.759. The Kier molecular flexibility index (Phi) is 6.74. The molecule has 0 aromatic rings. The number of primary amides is 1. The van der Waals surface area contributed by atoms with Gasteiger partial charge in [-0.3, -0.25) is 0 Å². The number of hydrogen-bond acceptors (Lipinski definition) is 5. The van der Waals surface area contributed by atoms with Crippen molar-refractivity contribution >= 4 is 12.2 Å². The average Bonchev–Trinajstić information content (AvgIpc) is 2.32. The van der Waals surface area contributed by atoms with Crippen molar-refractivity contribution in [3.8, 4) is 0 Å². The first-order valence-corrected chi connectivity index (χ1v) is 7.41. The number of nitrogens with two attached hydrogens (primary N) is 1. The molecule has 7 nitrogen and oxygen atoms in total. The number of rotatable bonds is 5. The van der Waals surface area contributed by atoms with Gasteiger partial charge in [0.2, 0.25) is 0 Å². The van der Waals surface area contributed by atoms with Gasteiger partial charge in [0.15, 0.2) is 0 Å². The molecule has 2 unspecified atom stereocenters. The lowest BCUT2D eigenvalue weighted by atomic mass is 9.91. The van der Waals surface area contributed by atoms with Crippen molar-refractivity contribution in [2.24, 2.45) is 5.73 Å². The number of ether oxygens (including phenoxy) is 2. The van der Waals surface area contributed by atoms with Gasteiger partial charge in [0, 0.05) is 18.6 Å². The molecule has 122 valence electrons. The van der Waals surface area contributed by atoms with Gasteiger partial charge in [-0.2, -0.15) is 0 Å². The molecule has 0 aromatic heterocycles. The van der Waals surface area contributed by atoms with Crippen molar-refractivity contribution in [1.29, 1.82) is 0 Å². The second-order valence-electron chi connectivity index (χ2n) is 6.33. The zero-order valence-corrected chi connectivity index (χ0v) is 13.1. The zero-order valence-electron chi connectivity index (χ0n) is 13.1. The van der Waals surface area contributed by atoms with Gasteiger partial charge in [-0.15, -0.1) is 0 Å². The Morgan fingerprint density at radius 3 is 2.52 bits per heavy atom. The third-order valence-electron chi connectivity index (χ3n) is 3.17. The van der Waals surface area contributed by atoms with Gasteiger partial charge in [-0.05, 0) is 46.5 Å². The molecule has 0 bridgehead atoms. The Hall–Kier alpha value is -1.50. The maximum absolute atomic E-state index is 11.7. The highest BCUT2D eigenvalue weighted by molar-refractivity contribution is 5.68. The number of carbonyl (C=O) groups excluding carboxylic acids is 2. The van der Waals surface area contributed by atoms with Gasteiger partial charge in [-0.25, -0.2) is 9.59 Å². The van der Waals surface area contributed by atoms with E-state index in [2.05, 4.69) is 15.4 Å². The van der Waals surface area contributed by atoms with Crippen molar-refractivity contribution in [3.63, 3.8) is 0 Å². The van der Waals surface area contributed by atoms with E-state index in [-0.39, 0.29) is 18.7 Å². The number of hydrogen-bond donors (Lipinski definition) is 3. The smallest absolute Gasteiger partial charge is 0.407 e. The fraction of sp³-hybridized carbons (Fsp3) is 0.857. The highest BCUT2D eigenvalue weighted by Gasteiger charge is 2.25. The molecule has 2 amide bonds. The number of amides is 2. The third-order valence-corrected chi connectivity index (χ3v) is 3.17. The molecule has 0 aromatic carbocycles. The minimum Gasteiger partial charge on any atom is -0.448 e. The van der Waals surface area contributed by atoms with Crippen molar-refractivity contribution < 1.29 is 19.1 Å². The normalized spacial score (nSPS) is 22.4. The van der Waals surface area contributed by atoms with E-state index in [0.29, 0.717) is 12.6 Å². The zero-order chi connectivity index (χ0) is 15.9. The van der Waals surface area contributed by atoms with Crippen molar-refractivity contribution in [1.82, 2.24) is 10.6 Å². The number of alkyl carbamates (subject to hydrolysis) is 1. The molecule has 0 saturated heterocycles. The van der Waals surface area contributed by atoms with Crippen molar-refractivity contribution in [3.05, 3.63) is 0 Å². The largest absolute Gasteiger partial charge is 0.448 e. The Bertz CT molecular complexity index is 355. The standard InChI is InChI=1S/C14H27N3O4/c1-14(2,3)21-13(19)17-11-6-4-5-10(9-11)16-7-8-20-12(15)18/h10-11,16H,4-9H2,1-3H3,(H2,15,18)(H,17,19). The first-order valence-electron chi connectivity index (χ1n) is 7.41. The fourth-order valence-electron chi connectivity index (χ4n) is 2.40. The number of nitrogens with one attached hydrogen (secondary N) is 2. The molecule has 1 aliphatic rings. The fourth-order valence-corrected chi connectivity index (χ4v) is 2.40. The summed E-state index contributed by atoms with van der Waals surface area (Å²) < 4.78 is 9.92. The lowest BCUT2D eigenvalue weighted by molar-refractivity contribution is 0.0488. The Balaban J connectivity index is 2.25. The summed E-state index contributed by atoms with van der Waals surface area (Å²) in [5.74, 6) is 0. The van der Waals surface area contributed by atoms with Crippen LogP contribution in [0.4, 0.5) is 9.59 Å². The molecule has 1 rings (SSSR count). The van der Waals surface area contributed by atoms with Crippen LogP contribution in [0.2, 0.25) is 0 Å². The molecule has 0 spiro atoms. The van der Waals surface area contributed by atoms with E-state index in [1.807, 2.05) is 20.8 Å². The predicted molar refractivity (Wildman–Crippen MR) is 79.0 cm³/mol. The summed E-state index contributed by atoms with van der Waals surface area (Å²) in [6.07, 6.45) is 2.75. The van der Waals surface area contributed by atoms with E-state index in [0.717, 1.165) is 25.7 Å². The Labute approximate surface area is 125 Å². The first-order chi connectivity index (χ1) is 9.76. The van der Waals surface area contributed by atoms with Crippen molar-refractivity contribution in [2.45, 2.75) is 64.1 Å². The molecule has 4 N–H and O–H groups in total. The predicted octanol–water partition coefficient (Wildman–Crippen LogP) is 1.51. The summed E-state index contributed by atoms with van der Waals surface area (Å²) in [6, 6.07) is 0.415. The van der Waals surface area contributed by atoms with Crippen LogP contribution in [0.25, 0.3) is 0 Å². The first kappa shape index (κ1) is 17.6. The lowest BCUT2D eigenvalue weighted by Crippen LogP contribution is -2.46. The molecule has 7 heteroatoms. The number of carbonyl (C=O) groups is 2. The molecule has 0 heterocycles. The maximum atomic E-state index is 11.7. The van der Waals surface area contributed by atoms with Crippen LogP contribution in [0, 0.1) is 0 Å². The maximum Gasteiger partial charge on any atom is 0.407 e. The summed E-state index contributed by atoms with van der Waals surface area (Å²) in [5.41, 5.74) is 4.40. The van der Waals surface area contributed by atoms with E-state index in [9.17, 15) is 9.59 Å². The van der Waals surface area contributed by atoms with Gasteiger partial charge < -0.3 is 25.8 Å². The van der Waals surface area contributed by atoms with Crippen LogP contribution in [-0.2, 0) is 9.47 Å². The molecule has 2 atom stereocenters. The van der Waals surface area contributed by atoms with Crippen molar-refractivity contribution in [2.75, 3.05) is 13.2 Å². The van der Waals surface area contributed by atoms with E-state index in [4.69, 9.17) is 10.5 Å². The van der Waals surface area contributed by atoms with Crippen LogP contribution in [0.15, 0.2) is 0 Å². The monoisotopic (exact) mass is 301 g/mol. The van der Waals surface area contributed by atoms with Gasteiger partial charge in [0.1, 0.15) is 12.2 Å². The molecule has 1 aliphatic carbocycles. The summed E-state index contributed by atoms with van der Waals surface area (Å²) in [5, 5.41) is 6.21. The average molecular weight is 301 g/mol. The summed E-state index contributed by atoms with van der Waals surface area (Å²) >= 11 is 0. The molecule has 0 aliphatic heterocycles. The highest BCUT2D eigenvalue weighted by atomic mass is 16.6. The lowest BCUT2D eigenvalue weighted by Gasteiger charge is -2.31. The van der Waals surface area contributed by atoms with Crippen LogP contribution < -0.4 is 16.4 Å². The SMILES string of the molecule is CC(C)(C)OC(=O)NC1CCCC(NCCOC(N)=O)C1.